The van der Waals surface area contributed by atoms with Gasteiger partial charge in [-0.1, -0.05) is 43.6 Å². The Morgan fingerprint density at radius 3 is 2.24 bits per heavy atom. The van der Waals surface area contributed by atoms with Gasteiger partial charge in [0.05, 0.1) is 0 Å². The van der Waals surface area contributed by atoms with Gasteiger partial charge in [0.15, 0.2) is 0 Å². The first kappa shape index (κ1) is 14.5. The lowest BCUT2D eigenvalue weighted by Crippen LogP contribution is -2.39. The van der Waals surface area contributed by atoms with Crippen LogP contribution < -0.4 is 5.32 Å². The first-order valence-electron chi connectivity index (χ1n) is 6.30. The van der Waals surface area contributed by atoms with Crippen LogP contribution in [-0.4, -0.2) is 12.1 Å². The van der Waals surface area contributed by atoms with Gasteiger partial charge in [-0.05, 0) is 38.3 Å². The van der Waals surface area contributed by atoms with Crippen molar-refractivity contribution in [2.75, 3.05) is 6.54 Å². The molecule has 0 aliphatic rings. The van der Waals surface area contributed by atoms with E-state index in [-0.39, 0.29) is 5.54 Å². The Kier molecular flexibility index (Phi) is 5.03. The topological polar surface area (TPSA) is 12.0 Å². The van der Waals surface area contributed by atoms with E-state index >= 15 is 0 Å². The van der Waals surface area contributed by atoms with Crippen LogP contribution in [0, 0.1) is 5.92 Å². The highest BCUT2D eigenvalue weighted by atomic mass is 35.5. The minimum absolute atomic E-state index is 0.147. The Hall–Kier alpha value is -0.530. The summed E-state index contributed by atoms with van der Waals surface area (Å²) in [4.78, 5) is 0. The van der Waals surface area contributed by atoms with E-state index < -0.39 is 0 Å². The van der Waals surface area contributed by atoms with Crippen molar-refractivity contribution in [3.8, 4) is 0 Å². The molecule has 0 amide bonds. The number of nitrogens with one attached hydrogen (secondary N) is 1. The van der Waals surface area contributed by atoms with Crippen LogP contribution in [0.4, 0.5) is 0 Å². The van der Waals surface area contributed by atoms with Crippen molar-refractivity contribution in [2.45, 2.75) is 46.1 Å². The fourth-order valence-electron chi connectivity index (χ4n) is 1.90. The maximum atomic E-state index is 6.29. The molecule has 1 unspecified atom stereocenters. The molecule has 1 rings (SSSR count). The summed E-state index contributed by atoms with van der Waals surface area (Å²) in [6, 6.07) is 8.16. The zero-order valence-electron chi connectivity index (χ0n) is 11.5. The predicted octanol–water partition coefficient (Wildman–Crippen LogP) is 4.47. The Labute approximate surface area is 111 Å². The Morgan fingerprint density at radius 2 is 1.76 bits per heavy atom. The van der Waals surface area contributed by atoms with Crippen molar-refractivity contribution in [1.82, 2.24) is 5.32 Å². The summed E-state index contributed by atoms with van der Waals surface area (Å²) in [5.41, 5.74) is 1.40. The fourth-order valence-corrected chi connectivity index (χ4v) is 2.17. The molecule has 2 heteroatoms. The standard InChI is InChI=1S/C15H24ClN/c1-11(2)13(10-17-15(3,4)5)12-8-6-7-9-14(12)16/h6-9,11,13,17H,10H2,1-5H3. The minimum Gasteiger partial charge on any atom is -0.311 e. The zero-order valence-corrected chi connectivity index (χ0v) is 12.3. The molecule has 17 heavy (non-hydrogen) atoms. The molecule has 0 spiro atoms. The second kappa shape index (κ2) is 5.88. The molecular formula is C15H24ClN. The molecule has 1 atom stereocenters. The van der Waals surface area contributed by atoms with Gasteiger partial charge in [0, 0.05) is 23.0 Å². The van der Waals surface area contributed by atoms with Crippen LogP contribution in [-0.2, 0) is 0 Å². The smallest absolute Gasteiger partial charge is 0.0441 e. The van der Waals surface area contributed by atoms with E-state index in [1.807, 2.05) is 12.1 Å². The summed E-state index contributed by atoms with van der Waals surface area (Å²) in [7, 11) is 0. The van der Waals surface area contributed by atoms with Crippen molar-refractivity contribution in [1.29, 1.82) is 0 Å². The SMILES string of the molecule is CC(C)C(CNC(C)(C)C)c1ccccc1Cl. The van der Waals surface area contributed by atoms with E-state index in [4.69, 9.17) is 11.6 Å². The summed E-state index contributed by atoms with van der Waals surface area (Å²) in [5, 5.41) is 4.45. The number of hydrogen-bond donors (Lipinski definition) is 1. The molecule has 0 saturated carbocycles. The van der Waals surface area contributed by atoms with E-state index in [0.717, 1.165) is 11.6 Å². The lowest BCUT2D eigenvalue weighted by molar-refractivity contribution is 0.372. The normalized spacial score (nSPS) is 14.1. The largest absolute Gasteiger partial charge is 0.311 e. The second-order valence-electron chi connectivity index (χ2n) is 6.00. The third-order valence-electron chi connectivity index (χ3n) is 2.96. The Bertz CT molecular complexity index is 352. The van der Waals surface area contributed by atoms with Crippen molar-refractivity contribution < 1.29 is 0 Å². The third kappa shape index (κ3) is 4.69. The maximum Gasteiger partial charge on any atom is 0.0441 e. The molecule has 1 nitrogen and oxygen atoms in total. The molecular weight excluding hydrogens is 230 g/mol. The number of hydrogen-bond acceptors (Lipinski definition) is 1. The van der Waals surface area contributed by atoms with E-state index in [1.165, 1.54) is 5.56 Å². The van der Waals surface area contributed by atoms with Gasteiger partial charge < -0.3 is 5.32 Å². The number of halogens is 1. The van der Waals surface area contributed by atoms with Gasteiger partial charge in [-0.25, -0.2) is 0 Å². The first-order chi connectivity index (χ1) is 7.81. The van der Waals surface area contributed by atoms with Gasteiger partial charge in [-0.3, -0.25) is 0 Å². The maximum absolute atomic E-state index is 6.29. The number of rotatable bonds is 4. The molecule has 0 radical (unpaired) electrons. The lowest BCUT2D eigenvalue weighted by Gasteiger charge is -2.28. The lowest BCUT2D eigenvalue weighted by atomic mass is 9.87. The van der Waals surface area contributed by atoms with Gasteiger partial charge in [-0.15, -0.1) is 0 Å². The van der Waals surface area contributed by atoms with Crippen LogP contribution in [0.2, 0.25) is 5.02 Å². The predicted molar refractivity (Wildman–Crippen MR) is 76.8 cm³/mol. The third-order valence-corrected chi connectivity index (χ3v) is 3.31. The van der Waals surface area contributed by atoms with Crippen LogP contribution in [0.15, 0.2) is 24.3 Å². The molecule has 0 aliphatic heterocycles. The molecule has 0 fully saturated rings. The molecule has 0 saturated heterocycles. The molecule has 0 heterocycles. The zero-order chi connectivity index (χ0) is 13.1. The van der Waals surface area contributed by atoms with Gasteiger partial charge in [0.2, 0.25) is 0 Å². The molecule has 0 aliphatic carbocycles. The van der Waals surface area contributed by atoms with Crippen molar-refractivity contribution in [3.63, 3.8) is 0 Å². The average molecular weight is 254 g/mol. The Balaban J connectivity index is 2.84. The van der Waals surface area contributed by atoms with Crippen LogP contribution in [0.3, 0.4) is 0 Å². The monoisotopic (exact) mass is 253 g/mol. The summed E-state index contributed by atoms with van der Waals surface area (Å²) >= 11 is 6.29. The highest BCUT2D eigenvalue weighted by molar-refractivity contribution is 6.31. The first-order valence-corrected chi connectivity index (χ1v) is 6.68. The quantitative estimate of drug-likeness (QED) is 0.835. The highest BCUT2D eigenvalue weighted by Crippen LogP contribution is 2.30. The molecule has 0 bridgehead atoms. The van der Waals surface area contributed by atoms with Crippen molar-refractivity contribution >= 4 is 11.6 Å². The molecule has 96 valence electrons. The molecule has 0 aromatic heterocycles. The molecule has 1 aromatic rings. The van der Waals surface area contributed by atoms with E-state index in [2.05, 4.69) is 52.1 Å². The van der Waals surface area contributed by atoms with Crippen LogP contribution in [0.25, 0.3) is 0 Å². The summed E-state index contributed by atoms with van der Waals surface area (Å²) in [6.07, 6.45) is 0. The van der Waals surface area contributed by atoms with Crippen molar-refractivity contribution in [2.24, 2.45) is 5.92 Å². The van der Waals surface area contributed by atoms with Crippen molar-refractivity contribution in [3.05, 3.63) is 34.9 Å². The summed E-state index contributed by atoms with van der Waals surface area (Å²) in [6.45, 7) is 12.0. The van der Waals surface area contributed by atoms with Gasteiger partial charge >= 0.3 is 0 Å². The van der Waals surface area contributed by atoms with Crippen LogP contribution in [0.5, 0.6) is 0 Å². The van der Waals surface area contributed by atoms with Crippen LogP contribution >= 0.6 is 11.6 Å². The van der Waals surface area contributed by atoms with Crippen LogP contribution in [0.1, 0.15) is 46.1 Å². The summed E-state index contributed by atoms with van der Waals surface area (Å²) < 4.78 is 0. The molecule has 1 aromatic carbocycles. The van der Waals surface area contributed by atoms with E-state index in [9.17, 15) is 0 Å². The van der Waals surface area contributed by atoms with Gasteiger partial charge in [-0.2, -0.15) is 0 Å². The molecule has 1 N–H and O–H groups in total. The fraction of sp³-hybridized carbons (Fsp3) is 0.600. The van der Waals surface area contributed by atoms with E-state index in [0.29, 0.717) is 11.8 Å². The van der Waals surface area contributed by atoms with Gasteiger partial charge in [0.25, 0.3) is 0 Å². The minimum atomic E-state index is 0.147. The average Bonchev–Trinajstić information content (AvgIpc) is 2.18. The summed E-state index contributed by atoms with van der Waals surface area (Å²) in [5.74, 6) is 1.03. The van der Waals surface area contributed by atoms with E-state index in [1.54, 1.807) is 0 Å². The highest BCUT2D eigenvalue weighted by Gasteiger charge is 2.20. The Morgan fingerprint density at radius 1 is 1.18 bits per heavy atom. The second-order valence-corrected chi connectivity index (χ2v) is 6.41. The number of benzene rings is 1. The van der Waals surface area contributed by atoms with Gasteiger partial charge in [0.1, 0.15) is 0 Å².